The van der Waals surface area contributed by atoms with Crippen molar-refractivity contribution < 1.29 is 10.2 Å². The minimum Gasteiger partial charge on any atom is -0.508 e. The Bertz CT molecular complexity index is 502. The van der Waals surface area contributed by atoms with Crippen LogP contribution in [0.3, 0.4) is 0 Å². The Labute approximate surface area is 109 Å². The first-order valence-corrected chi connectivity index (χ1v) is 5.89. The highest BCUT2D eigenvalue weighted by atomic mass is 35.5. The third kappa shape index (κ3) is 3.01. The predicted molar refractivity (Wildman–Crippen MR) is 68.4 cm³/mol. The molecule has 5 nitrogen and oxygen atoms in total. The first-order chi connectivity index (χ1) is 8.70. The van der Waals surface area contributed by atoms with E-state index in [2.05, 4.69) is 15.3 Å². The summed E-state index contributed by atoms with van der Waals surface area (Å²) in [6, 6.07) is 4.63. The van der Waals surface area contributed by atoms with E-state index in [-0.39, 0.29) is 18.4 Å². The second-order valence-corrected chi connectivity index (χ2v) is 4.30. The molecular formula is C12H14ClN3O2. The van der Waals surface area contributed by atoms with Crippen LogP contribution < -0.4 is 5.32 Å². The zero-order valence-corrected chi connectivity index (χ0v) is 10.4. The van der Waals surface area contributed by atoms with Crippen molar-refractivity contribution in [3.8, 4) is 5.75 Å². The molecule has 0 spiro atoms. The van der Waals surface area contributed by atoms with Gasteiger partial charge >= 0.3 is 0 Å². The van der Waals surface area contributed by atoms with Crippen LogP contribution in [-0.2, 0) is 6.54 Å². The maximum atomic E-state index is 9.70. The fourth-order valence-corrected chi connectivity index (χ4v) is 1.80. The molecule has 1 aromatic heterocycles. The first-order valence-electron chi connectivity index (χ1n) is 5.51. The maximum absolute atomic E-state index is 9.70. The molecule has 0 saturated heterocycles. The number of imidazole rings is 1. The van der Waals surface area contributed by atoms with Crippen LogP contribution in [0.15, 0.2) is 30.6 Å². The van der Waals surface area contributed by atoms with Crippen LogP contribution in [0.25, 0.3) is 0 Å². The highest BCUT2D eigenvalue weighted by molar-refractivity contribution is 6.30. The number of aliphatic hydroxyl groups excluding tert-OH is 1. The van der Waals surface area contributed by atoms with Crippen LogP contribution in [-0.4, -0.2) is 26.8 Å². The lowest BCUT2D eigenvalue weighted by Gasteiger charge is -2.14. The van der Waals surface area contributed by atoms with E-state index in [9.17, 15) is 10.2 Å². The van der Waals surface area contributed by atoms with E-state index in [4.69, 9.17) is 11.6 Å². The van der Waals surface area contributed by atoms with Gasteiger partial charge in [0.15, 0.2) is 0 Å². The van der Waals surface area contributed by atoms with E-state index in [1.54, 1.807) is 24.5 Å². The molecule has 0 aliphatic carbocycles. The molecule has 6 heteroatoms. The lowest BCUT2D eigenvalue weighted by Crippen LogP contribution is -2.25. The third-order valence-corrected chi connectivity index (χ3v) is 2.85. The molecule has 0 amide bonds. The van der Waals surface area contributed by atoms with Crippen molar-refractivity contribution >= 4 is 11.6 Å². The summed E-state index contributed by atoms with van der Waals surface area (Å²) >= 11 is 5.75. The summed E-state index contributed by atoms with van der Waals surface area (Å²) in [6.07, 6.45) is 3.32. The Morgan fingerprint density at radius 3 is 2.89 bits per heavy atom. The summed E-state index contributed by atoms with van der Waals surface area (Å²) in [7, 11) is 0. The molecule has 1 atom stereocenters. The van der Waals surface area contributed by atoms with Gasteiger partial charge < -0.3 is 20.5 Å². The largest absolute Gasteiger partial charge is 0.508 e. The van der Waals surface area contributed by atoms with Crippen molar-refractivity contribution in [3.63, 3.8) is 0 Å². The molecule has 0 fully saturated rings. The number of benzene rings is 1. The van der Waals surface area contributed by atoms with Gasteiger partial charge in [0, 0.05) is 29.5 Å². The molecule has 2 rings (SSSR count). The quantitative estimate of drug-likeness (QED) is 0.663. The fourth-order valence-electron chi connectivity index (χ4n) is 1.64. The Hall–Kier alpha value is -1.56. The first kappa shape index (κ1) is 12.9. The number of H-pyrrole nitrogens is 1. The second-order valence-electron chi connectivity index (χ2n) is 3.86. The molecule has 96 valence electrons. The highest BCUT2D eigenvalue weighted by Crippen LogP contribution is 2.22. The Morgan fingerprint density at radius 1 is 1.44 bits per heavy atom. The van der Waals surface area contributed by atoms with Crippen LogP contribution in [0, 0.1) is 0 Å². The number of phenolic OH excluding ortho intramolecular Hbond substituents is 1. The molecule has 0 radical (unpaired) electrons. The van der Waals surface area contributed by atoms with Gasteiger partial charge in [0.05, 0.1) is 12.6 Å². The second kappa shape index (κ2) is 5.86. The number of aliphatic hydroxyl groups is 1. The standard InChI is InChI=1S/C12H14ClN3O2/c13-9-2-1-8(11(18)5-9)6-16-10(7-17)12-14-3-4-15-12/h1-5,10,16-18H,6-7H2,(H,14,15). The average molecular weight is 268 g/mol. The lowest BCUT2D eigenvalue weighted by molar-refractivity contribution is 0.238. The summed E-state index contributed by atoms with van der Waals surface area (Å²) in [5.74, 6) is 0.789. The van der Waals surface area contributed by atoms with E-state index < -0.39 is 0 Å². The molecule has 4 N–H and O–H groups in total. The summed E-state index contributed by atoms with van der Waals surface area (Å²) in [4.78, 5) is 7.01. The number of hydrogen-bond acceptors (Lipinski definition) is 4. The summed E-state index contributed by atoms with van der Waals surface area (Å²) < 4.78 is 0. The van der Waals surface area contributed by atoms with E-state index in [0.717, 1.165) is 0 Å². The lowest BCUT2D eigenvalue weighted by atomic mass is 10.2. The molecular weight excluding hydrogens is 254 g/mol. The Balaban J connectivity index is 2.02. The smallest absolute Gasteiger partial charge is 0.125 e. The van der Waals surface area contributed by atoms with E-state index >= 15 is 0 Å². The van der Waals surface area contributed by atoms with Crippen molar-refractivity contribution in [2.45, 2.75) is 12.6 Å². The van der Waals surface area contributed by atoms with Gasteiger partial charge in [0.2, 0.25) is 0 Å². The van der Waals surface area contributed by atoms with E-state index in [0.29, 0.717) is 23.0 Å². The number of aromatic hydroxyl groups is 1. The molecule has 0 aliphatic rings. The molecule has 0 saturated carbocycles. The van der Waals surface area contributed by atoms with Gasteiger partial charge in [0.25, 0.3) is 0 Å². The maximum Gasteiger partial charge on any atom is 0.125 e. The van der Waals surface area contributed by atoms with Crippen molar-refractivity contribution in [1.82, 2.24) is 15.3 Å². The zero-order valence-electron chi connectivity index (χ0n) is 9.60. The summed E-state index contributed by atoms with van der Waals surface area (Å²) in [6.45, 7) is 0.330. The third-order valence-electron chi connectivity index (χ3n) is 2.62. The van der Waals surface area contributed by atoms with Gasteiger partial charge in [-0.05, 0) is 12.1 Å². The molecule has 0 aliphatic heterocycles. The molecule has 18 heavy (non-hydrogen) atoms. The fraction of sp³-hybridized carbons (Fsp3) is 0.250. The van der Waals surface area contributed by atoms with E-state index in [1.165, 1.54) is 6.07 Å². The van der Waals surface area contributed by atoms with Crippen LogP contribution in [0.5, 0.6) is 5.75 Å². The number of phenols is 1. The monoisotopic (exact) mass is 267 g/mol. The molecule has 1 unspecified atom stereocenters. The molecule has 0 bridgehead atoms. The summed E-state index contributed by atoms with van der Waals surface area (Å²) in [5.41, 5.74) is 0.712. The van der Waals surface area contributed by atoms with E-state index in [1.807, 2.05) is 0 Å². The Morgan fingerprint density at radius 2 is 2.28 bits per heavy atom. The average Bonchev–Trinajstić information content (AvgIpc) is 2.86. The summed E-state index contributed by atoms with van der Waals surface area (Å²) in [5, 5.41) is 22.6. The van der Waals surface area contributed by atoms with Gasteiger partial charge in [0.1, 0.15) is 11.6 Å². The molecule has 1 aromatic carbocycles. The van der Waals surface area contributed by atoms with Gasteiger partial charge in [-0.3, -0.25) is 0 Å². The van der Waals surface area contributed by atoms with Crippen molar-refractivity contribution in [3.05, 3.63) is 47.0 Å². The van der Waals surface area contributed by atoms with Crippen LogP contribution >= 0.6 is 11.6 Å². The van der Waals surface area contributed by atoms with Crippen molar-refractivity contribution in [2.24, 2.45) is 0 Å². The topological polar surface area (TPSA) is 81.2 Å². The number of nitrogens with one attached hydrogen (secondary N) is 2. The molecule has 2 aromatic rings. The van der Waals surface area contributed by atoms with Gasteiger partial charge in [-0.25, -0.2) is 4.98 Å². The van der Waals surface area contributed by atoms with Crippen LogP contribution in [0.1, 0.15) is 17.4 Å². The highest BCUT2D eigenvalue weighted by Gasteiger charge is 2.12. The predicted octanol–water partition coefficient (Wildman–Crippen LogP) is 1.59. The number of rotatable bonds is 5. The minimum absolute atomic E-state index is 0.0815. The zero-order chi connectivity index (χ0) is 13.0. The molecule has 1 heterocycles. The van der Waals surface area contributed by atoms with Crippen LogP contribution in [0.4, 0.5) is 0 Å². The SMILES string of the molecule is OCC(NCc1ccc(Cl)cc1O)c1ncc[nH]1. The number of aromatic amines is 1. The number of hydrogen-bond donors (Lipinski definition) is 4. The van der Waals surface area contributed by atoms with Gasteiger partial charge in [-0.1, -0.05) is 17.7 Å². The minimum atomic E-state index is -0.296. The Kier molecular flexibility index (Phi) is 4.19. The number of halogens is 1. The van der Waals surface area contributed by atoms with Crippen molar-refractivity contribution in [2.75, 3.05) is 6.61 Å². The van der Waals surface area contributed by atoms with Crippen molar-refractivity contribution in [1.29, 1.82) is 0 Å². The number of aromatic nitrogens is 2. The normalized spacial score (nSPS) is 12.6. The van der Waals surface area contributed by atoms with Gasteiger partial charge in [-0.15, -0.1) is 0 Å². The van der Waals surface area contributed by atoms with Gasteiger partial charge in [-0.2, -0.15) is 0 Å². The van der Waals surface area contributed by atoms with Crippen LogP contribution in [0.2, 0.25) is 5.02 Å². The number of nitrogens with zero attached hydrogens (tertiary/aromatic N) is 1.